The number of rotatable bonds is 5. The zero-order valence-electron chi connectivity index (χ0n) is 14.8. The molecule has 0 bridgehead atoms. The van der Waals surface area contributed by atoms with Gasteiger partial charge in [0, 0.05) is 17.3 Å². The zero-order chi connectivity index (χ0) is 19.4. The lowest BCUT2D eigenvalue weighted by molar-refractivity contribution is -0.115. The molecule has 3 rings (SSSR count). The van der Waals surface area contributed by atoms with Crippen molar-refractivity contribution >= 4 is 34.0 Å². The Morgan fingerprint density at radius 1 is 1.15 bits per heavy atom. The number of benzene rings is 1. The minimum absolute atomic E-state index is 0.00161. The Balaban J connectivity index is 1.61. The molecule has 0 radical (unpaired) electrons. The van der Waals surface area contributed by atoms with E-state index in [2.05, 4.69) is 20.6 Å². The first-order valence-electron chi connectivity index (χ1n) is 8.23. The van der Waals surface area contributed by atoms with Crippen LogP contribution in [0.25, 0.3) is 0 Å². The molecule has 0 fully saturated rings. The summed E-state index contributed by atoms with van der Waals surface area (Å²) in [6, 6.07) is 8.72. The van der Waals surface area contributed by atoms with Gasteiger partial charge in [-0.2, -0.15) is 0 Å². The summed E-state index contributed by atoms with van der Waals surface area (Å²) in [4.78, 5) is 42.6. The number of anilines is 2. The Kier molecular flexibility index (Phi) is 5.46. The van der Waals surface area contributed by atoms with Crippen molar-refractivity contribution in [2.45, 2.75) is 20.3 Å². The van der Waals surface area contributed by atoms with E-state index in [1.54, 1.807) is 11.4 Å². The van der Waals surface area contributed by atoms with Gasteiger partial charge in [-0.15, -0.1) is 11.3 Å². The molecule has 3 aromatic rings. The summed E-state index contributed by atoms with van der Waals surface area (Å²) in [6.45, 7) is 3.99. The molecule has 0 spiro atoms. The highest BCUT2D eigenvalue weighted by Crippen LogP contribution is 2.18. The van der Waals surface area contributed by atoms with Crippen LogP contribution in [0.3, 0.4) is 0 Å². The number of pyridine rings is 1. The predicted molar refractivity (Wildman–Crippen MR) is 105 cm³/mol. The number of nitrogens with zero attached hydrogens (tertiary/aromatic N) is 1. The number of nitrogens with one attached hydrogen (secondary N) is 3. The lowest BCUT2D eigenvalue weighted by atomic mass is 10.1. The molecule has 0 saturated carbocycles. The molecular formula is C19H18N4O3S. The van der Waals surface area contributed by atoms with Crippen LogP contribution in [0.15, 0.2) is 46.7 Å². The number of thiazole rings is 1. The monoisotopic (exact) mass is 382 g/mol. The van der Waals surface area contributed by atoms with E-state index in [-0.39, 0.29) is 17.9 Å². The number of carbonyl (C=O) groups excluding carboxylic acids is 2. The average molecular weight is 382 g/mol. The minimum Gasteiger partial charge on any atom is -0.328 e. The highest BCUT2D eigenvalue weighted by Gasteiger charge is 2.13. The summed E-state index contributed by atoms with van der Waals surface area (Å²) < 4.78 is 0. The molecule has 27 heavy (non-hydrogen) atoms. The first-order valence-corrected chi connectivity index (χ1v) is 9.11. The van der Waals surface area contributed by atoms with Gasteiger partial charge in [-0.25, -0.2) is 4.98 Å². The summed E-state index contributed by atoms with van der Waals surface area (Å²) in [7, 11) is 0. The number of hydrogen-bond donors (Lipinski definition) is 3. The third-order valence-corrected chi connectivity index (χ3v) is 4.77. The lowest BCUT2D eigenvalue weighted by Gasteiger charge is -2.06. The molecule has 1 aromatic carbocycles. The third-order valence-electron chi connectivity index (χ3n) is 3.97. The Bertz CT molecular complexity index is 1050. The quantitative estimate of drug-likeness (QED) is 0.631. The van der Waals surface area contributed by atoms with Crippen molar-refractivity contribution in [1.29, 1.82) is 0 Å². The molecule has 7 nitrogen and oxygen atoms in total. The summed E-state index contributed by atoms with van der Waals surface area (Å²) in [5.74, 6) is -0.738. The van der Waals surface area contributed by atoms with Crippen LogP contribution < -0.4 is 16.2 Å². The van der Waals surface area contributed by atoms with E-state index in [1.807, 2.05) is 32.0 Å². The molecule has 0 aliphatic rings. The number of aromatic amines is 1. The summed E-state index contributed by atoms with van der Waals surface area (Å²) in [5.41, 5.74) is 3.06. The Hall–Kier alpha value is -3.26. The van der Waals surface area contributed by atoms with Gasteiger partial charge < -0.3 is 10.3 Å². The first-order chi connectivity index (χ1) is 12.9. The predicted octanol–water partition coefficient (Wildman–Crippen LogP) is 2.88. The van der Waals surface area contributed by atoms with Crippen LogP contribution >= 0.6 is 11.3 Å². The van der Waals surface area contributed by atoms with E-state index in [0.29, 0.717) is 10.8 Å². The third kappa shape index (κ3) is 4.68. The van der Waals surface area contributed by atoms with Crippen LogP contribution in [-0.2, 0) is 11.2 Å². The maximum absolute atomic E-state index is 12.2. The van der Waals surface area contributed by atoms with Gasteiger partial charge in [0.15, 0.2) is 5.13 Å². The SMILES string of the molecule is Cc1ccc(NC(=O)Cc2csc(NC(=O)c3ccc[nH]c3=O)n2)cc1C. The van der Waals surface area contributed by atoms with Crippen LogP contribution in [0, 0.1) is 13.8 Å². The van der Waals surface area contributed by atoms with Gasteiger partial charge in [0.05, 0.1) is 12.1 Å². The standard InChI is InChI=1S/C19H18N4O3S/c1-11-5-6-13(8-12(11)2)21-16(24)9-14-10-27-19(22-14)23-18(26)15-4-3-7-20-17(15)25/h3-8,10H,9H2,1-2H3,(H,20,25)(H,21,24)(H,22,23,26). The van der Waals surface area contributed by atoms with Crippen molar-refractivity contribution in [3.8, 4) is 0 Å². The molecule has 0 aliphatic heterocycles. The van der Waals surface area contributed by atoms with Crippen LogP contribution in [-0.4, -0.2) is 21.8 Å². The van der Waals surface area contributed by atoms with Gasteiger partial charge in [-0.05, 0) is 49.2 Å². The van der Waals surface area contributed by atoms with E-state index >= 15 is 0 Å². The first kappa shape index (κ1) is 18.5. The fraction of sp³-hybridized carbons (Fsp3) is 0.158. The van der Waals surface area contributed by atoms with Gasteiger partial charge in [0.2, 0.25) is 5.91 Å². The van der Waals surface area contributed by atoms with Gasteiger partial charge in [0.1, 0.15) is 5.56 Å². The van der Waals surface area contributed by atoms with Crippen molar-refractivity contribution in [1.82, 2.24) is 9.97 Å². The van der Waals surface area contributed by atoms with Gasteiger partial charge in [-0.1, -0.05) is 6.07 Å². The second-order valence-electron chi connectivity index (χ2n) is 6.04. The van der Waals surface area contributed by atoms with Crippen LogP contribution in [0.1, 0.15) is 27.2 Å². The van der Waals surface area contributed by atoms with Crippen molar-refractivity contribution in [2.75, 3.05) is 10.6 Å². The molecule has 0 unspecified atom stereocenters. The van der Waals surface area contributed by atoms with E-state index in [1.165, 1.54) is 23.6 Å². The van der Waals surface area contributed by atoms with E-state index < -0.39 is 11.5 Å². The second kappa shape index (κ2) is 7.96. The number of hydrogen-bond acceptors (Lipinski definition) is 5. The summed E-state index contributed by atoms with van der Waals surface area (Å²) in [5, 5.41) is 7.44. The molecule has 2 aromatic heterocycles. The van der Waals surface area contributed by atoms with E-state index in [9.17, 15) is 14.4 Å². The van der Waals surface area contributed by atoms with Crippen molar-refractivity contribution in [2.24, 2.45) is 0 Å². The smallest absolute Gasteiger partial charge is 0.263 e. The number of aryl methyl sites for hydroxylation is 2. The van der Waals surface area contributed by atoms with Gasteiger partial charge in [0.25, 0.3) is 11.5 Å². The Morgan fingerprint density at radius 2 is 1.96 bits per heavy atom. The van der Waals surface area contributed by atoms with E-state index in [0.717, 1.165) is 16.8 Å². The normalized spacial score (nSPS) is 10.4. The number of amides is 2. The topological polar surface area (TPSA) is 104 Å². The zero-order valence-corrected chi connectivity index (χ0v) is 15.6. The molecule has 138 valence electrons. The van der Waals surface area contributed by atoms with Crippen molar-refractivity contribution < 1.29 is 9.59 Å². The highest BCUT2D eigenvalue weighted by molar-refractivity contribution is 7.14. The summed E-state index contributed by atoms with van der Waals surface area (Å²) in [6.07, 6.45) is 1.54. The number of aromatic nitrogens is 2. The minimum atomic E-state index is -0.544. The molecular weight excluding hydrogens is 364 g/mol. The van der Waals surface area contributed by atoms with Gasteiger partial charge >= 0.3 is 0 Å². The number of H-pyrrole nitrogens is 1. The molecule has 8 heteroatoms. The van der Waals surface area contributed by atoms with Gasteiger partial charge in [-0.3, -0.25) is 19.7 Å². The fourth-order valence-corrected chi connectivity index (χ4v) is 3.10. The molecule has 0 aliphatic carbocycles. The Labute approximate surface area is 159 Å². The number of carbonyl (C=O) groups is 2. The maximum Gasteiger partial charge on any atom is 0.263 e. The molecule has 3 N–H and O–H groups in total. The van der Waals surface area contributed by atoms with Crippen molar-refractivity contribution in [3.05, 3.63) is 74.6 Å². The van der Waals surface area contributed by atoms with Crippen LogP contribution in [0.5, 0.6) is 0 Å². The maximum atomic E-state index is 12.2. The van der Waals surface area contributed by atoms with Crippen molar-refractivity contribution in [3.63, 3.8) is 0 Å². The van der Waals surface area contributed by atoms with Crippen LogP contribution in [0.4, 0.5) is 10.8 Å². The molecule has 2 heterocycles. The fourth-order valence-electron chi connectivity index (χ4n) is 2.40. The largest absolute Gasteiger partial charge is 0.328 e. The highest BCUT2D eigenvalue weighted by atomic mass is 32.1. The average Bonchev–Trinajstić information content (AvgIpc) is 3.05. The molecule has 2 amide bonds. The summed E-state index contributed by atoms with van der Waals surface area (Å²) >= 11 is 1.20. The molecule has 0 saturated heterocycles. The Morgan fingerprint density at radius 3 is 2.70 bits per heavy atom. The van der Waals surface area contributed by atoms with E-state index in [4.69, 9.17) is 0 Å². The lowest BCUT2D eigenvalue weighted by Crippen LogP contribution is -2.22. The molecule has 0 atom stereocenters. The second-order valence-corrected chi connectivity index (χ2v) is 6.89. The van der Waals surface area contributed by atoms with Crippen LogP contribution in [0.2, 0.25) is 0 Å².